The molecule has 0 atom stereocenters. The van der Waals surface area contributed by atoms with Gasteiger partial charge in [-0.1, -0.05) is 11.6 Å². The quantitative estimate of drug-likeness (QED) is 0.693. The molecule has 0 aliphatic rings. The van der Waals surface area contributed by atoms with E-state index in [1.165, 1.54) is 31.5 Å². The van der Waals surface area contributed by atoms with Crippen LogP contribution in [0.2, 0.25) is 5.02 Å². The molecule has 2 aromatic rings. The van der Waals surface area contributed by atoms with Crippen LogP contribution in [0.25, 0.3) is 0 Å². The number of benzene rings is 1. The SMILES string of the molecule is COCCNc1ccc(NS(=O)(=O)c2ccc(OC)c(Cl)c2)cn1. The summed E-state index contributed by atoms with van der Waals surface area (Å²) >= 11 is 5.97. The Morgan fingerprint density at radius 3 is 2.58 bits per heavy atom. The van der Waals surface area contributed by atoms with Crippen molar-refractivity contribution in [2.75, 3.05) is 37.4 Å². The molecule has 0 amide bonds. The number of rotatable bonds is 8. The number of aromatic nitrogens is 1. The highest BCUT2D eigenvalue weighted by molar-refractivity contribution is 7.92. The fourth-order valence-corrected chi connectivity index (χ4v) is 3.26. The zero-order chi connectivity index (χ0) is 17.6. The van der Waals surface area contributed by atoms with Gasteiger partial charge in [0.25, 0.3) is 10.0 Å². The first-order chi connectivity index (χ1) is 11.5. The molecule has 9 heteroatoms. The topological polar surface area (TPSA) is 89.6 Å². The Kier molecular flexibility index (Phi) is 6.24. The van der Waals surface area contributed by atoms with Crippen molar-refractivity contribution in [2.24, 2.45) is 0 Å². The van der Waals surface area contributed by atoms with Crippen molar-refractivity contribution in [3.05, 3.63) is 41.6 Å². The van der Waals surface area contributed by atoms with E-state index >= 15 is 0 Å². The van der Waals surface area contributed by atoms with E-state index in [1.54, 1.807) is 19.2 Å². The standard InChI is InChI=1S/C15H18ClN3O4S/c1-22-8-7-17-15-6-3-11(10-18-15)19-24(20,21)12-4-5-14(23-2)13(16)9-12/h3-6,9-10,19H,7-8H2,1-2H3,(H,17,18). The van der Waals surface area contributed by atoms with Gasteiger partial charge in [-0.25, -0.2) is 13.4 Å². The minimum absolute atomic E-state index is 0.0376. The van der Waals surface area contributed by atoms with Gasteiger partial charge in [0.1, 0.15) is 11.6 Å². The molecule has 24 heavy (non-hydrogen) atoms. The smallest absolute Gasteiger partial charge is 0.261 e. The Morgan fingerprint density at radius 2 is 2.00 bits per heavy atom. The van der Waals surface area contributed by atoms with Crippen LogP contribution in [0.5, 0.6) is 5.75 Å². The summed E-state index contributed by atoms with van der Waals surface area (Å²) in [6.45, 7) is 1.16. The monoisotopic (exact) mass is 371 g/mol. The maximum atomic E-state index is 12.4. The largest absolute Gasteiger partial charge is 0.495 e. The molecule has 0 bridgehead atoms. The number of halogens is 1. The van der Waals surface area contributed by atoms with E-state index in [4.69, 9.17) is 21.1 Å². The van der Waals surface area contributed by atoms with Crippen molar-refractivity contribution in [1.82, 2.24) is 4.98 Å². The van der Waals surface area contributed by atoms with Crippen LogP contribution >= 0.6 is 11.6 Å². The Morgan fingerprint density at radius 1 is 1.21 bits per heavy atom. The average molecular weight is 372 g/mol. The van der Waals surface area contributed by atoms with Crippen LogP contribution in [-0.2, 0) is 14.8 Å². The van der Waals surface area contributed by atoms with Crippen LogP contribution in [-0.4, -0.2) is 40.8 Å². The molecule has 0 unspecified atom stereocenters. The normalized spacial score (nSPS) is 11.1. The maximum Gasteiger partial charge on any atom is 0.261 e. The third-order valence-electron chi connectivity index (χ3n) is 3.06. The highest BCUT2D eigenvalue weighted by atomic mass is 35.5. The summed E-state index contributed by atoms with van der Waals surface area (Å²) in [7, 11) is -0.696. The molecule has 130 valence electrons. The number of methoxy groups -OCH3 is 2. The highest BCUT2D eigenvalue weighted by Gasteiger charge is 2.16. The van der Waals surface area contributed by atoms with E-state index in [0.717, 1.165) is 0 Å². The third kappa shape index (κ3) is 4.73. The molecule has 0 fully saturated rings. The number of anilines is 2. The van der Waals surface area contributed by atoms with Crippen molar-refractivity contribution in [3.63, 3.8) is 0 Å². The van der Waals surface area contributed by atoms with Crippen LogP contribution in [0.1, 0.15) is 0 Å². The van der Waals surface area contributed by atoms with Crippen molar-refractivity contribution in [2.45, 2.75) is 4.90 Å². The lowest BCUT2D eigenvalue weighted by molar-refractivity contribution is 0.210. The Balaban J connectivity index is 2.10. The Bertz CT molecular complexity index is 782. The molecule has 0 spiro atoms. The van der Waals surface area contributed by atoms with Crippen molar-refractivity contribution in [1.29, 1.82) is 0 Å². The lowest BCUT2D eigenvalue weighted by Crippen LogP contribution is -2.13. The molecule has 0 aliphatic carbocycles. The second kappa shape index (κ2) is 8.18. The van der Waals surface area contributed by atoms with Crippen molar-refractivity contribution in [3.8, 4) is 5.75 Å². The highest BCUT2D eigenvalue weighted by Crippen LogP contribution is 2.27. The molecule has 0 aliphatic heterocycles. The van der Waals surface area contributed by atoms with Gasteiger partial charge < -0.3 is 14.8 Å². The van der Waals surface area contributed by atoms with Gasteiger partial charge in [-0.15, -0.1) is 0 Å². The van der Waals surface area contributed by atoms with Crippen LogP contribution in [0.15, 0.2) is 41.4 Å². The van der Waals surface area contributed by atoms with E-state index in [2.05, 4.69) is 15.0 Å². The van der Waals surface area contributed by atoms with Gasteiger partial charge in [-0.3, -0.25) is 4.72 Å². The number of nitrogens with zero attached hydrogens (tertiary/aromatic N) is 1. The second-order valence-electron chi connectivity index (χ2n) is 4.75. The number of hydrogen-bond acceptors (Lipinski definition) is 6. The molecular weight excluding hydrogens is 354 g/mol. The van der Waals surface area contributed by atoms with Gasteiger partial charge >= 0.3 is 0 Å². The summed E-state index contributed by atoms with van der Waals surface area (Å²) in [6, 6.07) is 7.54. The van der Waals surface area contributed by atoms with Gasteiger partial charge in [0.2, 0.25) is 0 Å². The number of nitrogens with one attached hydrogen (secondary N) is 2. The van der Waals surface area contributed by atoms with E-state index in [1.807, 2.05) is 0 Å². The van der Waals surface area contributed by atoms with Gasteiger partial charge in [-0.2, -0.15) is 0 Å². The van der Waals surface area contributed by atoms with Gasteiger partial charge in [-0.05, 0) is 30.3 Å². The Labute approximate surface area is 146 Å². The molecule has 0 saturated heterocycles. The third-order valence-corrected chi connectivity index (χ3v) is 4.74. The van der Waals surface area contributed by atoms with E-state index in [9.17, 15) is 8.42 Å². The van der Waals surface area contributed by atoms with Crippen molar-refractivity contribution >= 4 is 33.1 Å². The first-order valence-corrected chi connectivity index (χ1v) is 8.87. The molecule has 1 heterocycles. The fraction of sp³-hybridized carbons (Fsp3) is 0.267. The van der Waals surface area contributed by atoms with Crippen molar-refractivity contribution < 1.29 is 17.9 Å². The average Bonchev–Trinajstić information content (AvgIpc) is 2.56. The summed E-state index contributed by atoms with van der Waals surface area (Å²) in [6.07, 6.45) is 1.43. The Hall–Kier alpha value is -2.03. The zero-order valence-corrected chi connectivity index (χ0v) is 14.8. The molecule has 0 saturated carbocycles. The molecule has 1 aromatic carbocycles. The van der Waals surface area contributed by atoms with Gasteiger partial charge in [0.05, 0.1) is 35.5 Å². The molecule has 2 N–H and O–H groups in total. The van der Waals surface area contributed by atoms with Gasteiger partial charge in [0.15, 0.2) is 0 Å². The predicted octanol–water partition coefficient (Wildman–Crippen LogP) is 2.60. The van der Waals surface area contributed by atoms with Crippen LogP contribution in [0.4, 0.5) is 11.5 Å². The molecule has 0 radical (unpaired) electrons. The van der Waals surface area contributed by atoms with Gasteiger partial charge in [0, 0.05) is 13.7 Å². The second-order valence-corrected chi connectivity index (χ2v) is 6.84. The lowest BCUT2D eigenvalue weighted by Gasteiger charge is -2.10. The van der Waals surface area contributed by atoms with E-state index < -0.39 is 10.0 Å². The molecule has 7 nitrogen and oxygen atoms in total. The minimum atomic E-state index is -3.76. The number of ether oxygens (including phenoxy) is 2. The van der Waals surface area contributed by atoms with Crippen LogP contribution in [0.3, 0.4) is 0 Å². The number of hydrogen-bond donors (Lipinski definition) is 2. The zero-order valence-electron chi connectivity index (χ0n) is 13.2. The summed E-state index contributed by atoms with van der Waals surface area (Å²) in [5.41, 5.74) is 0.347. The maximum absolute atomic E-state index is 12.4. The summed E-state index contributed by atoms with van der Waals surface area (Å²) in [4.78, 5) is 4.17. The lowest BCUT2D eigenvalue weighted by atomic mass is 10.3. The first-order valence-electron chi connectivity index (χ1n) is 7.01. The first kappa shape index (κ1) is 18.3. The van der Waals surface area contributed by atoms with Crippen LogP contribution < -0.4 is 14.8 Å². The molecule has 1 aromatic heterocycles. The summed E-state index contributed by atoms with van der Waals surface area (Å²) in [5, 5.41) is 3.26. The predicted molar refractivity (Wildman–Crippen MR) is 93.4 cm³/mol. The number of pyridine rings is 1. The number of sulfonamides is 1. The summed E-state index contributed by atoms with van der Waals surface area (Å²) in [5.74, 6) is 1.03. The van der Waals surface area contributed by atoms with E-state index in [0.29, 0.717) is 30.4 Å². The minimum Gasteiger partial charge on any atom is -0.495 e. The fourth-order valence-electron chi connectivity index (χ4n) is 1.87. The molecule has 2 rings (SSSR count). The summed E-state index contributed by atoms with van der Waals surface area (Å²) < 4.78 is 37.1. The molecular formula is C15H18ClN3O4S. The van der Waals surface area contributed by atoms with E-state index in [-0.39, 0.29) is 9.92 Å². The van der Waals surface area contributed by atoms with Crippen LogP contribution in [0, 0.1) is 0 Å².